The fourth-order valence-corrected chi connectivity index (χ4v) is 4.68. The van der Waals surface area contributed by atoms with Gasteiger partial charge in [0, 0.05) is 18.3 Å². The van der Waals surface area contributed by atoms with Crippen LogP contribution in [0.15, 0.2) is 0 Å². The molecule has 1 aliphatic heterocycles. The Morgan fingerprint density at radius 1 is 1.27 bits per heavy atom. The van der Waals surface area contributed by atoms with Gasteiger partial charge >= 0.3 is 0 Å². The van der Waals surface area contributed by atoms with Crippen LogP contribution in [0.3, 0.4) is 0 Å². The first-order valence-electron chi connectivity index (χ1n) is 5.67. The highest BCUT2D eigenvalue weighted by Crippen LogP contribution is 2.30. The molecule has 1 N–H and O–H groups in total. The number of rotatable bonds is 6. The smallest absolute Gasteiger partial charge is 0.151 e. The SMILES string of the molecule is O=S(=O)(CCNC1CCSC1)CC1CC1. The number of hydrogen-bond donors (Lipinski definition) is 1. The van der Waals surface area contributed by atoms with Crippen LogP contribution in [0, 0.1) is 5.92 Å². The zero-order valence-electron chi connectivity index (χ0n) is 8.94. The molecule has 0 radical (unpaired) electrons. The van der Waals surface area contributed by atoms with Gasteiger partial charge in [-0.3, -0.25) is 0 Å². The van der Waals surface area contributed by atoms with Crippen molar-refractivity contribution in [2.24, 2.45) is 5.92 Å². The van der Waals surface area contributed by atoms with Crippen LogP contribution >= 0.6 is 11.8 Å². The second-order valence-corrected chi connectivity index (χ2v) is 7.95. The van der Waals surface area contributed by atoms with Crippen LogP contribution in [0.4, 0.5) is 0 Å². The predicted molar refractivity (Wildman–Crippen MR) is 65.1 cm³/mol. The van der Waals surface area contributed by atoms with Crippen LogP contribution < -0.4 is 5.32 Å². The lowest BCUT2D eigenvalue weighted by Gasteiger charge is -2.10. The molecule has 1 atom stereocenters. The molecule has 0 spiro atoms. The lowest BCUT2D eigenvalue weighted by molar-refractivity contribution is 0.561. The minimum Gasteiger partial charge on any atom is -0.312 e. The first-order valence-corrected chi connectivity index (χ1v) is 8.65. The summed E-state index contributed by atoms with van der Waals surface area (Å²) in [4.78, 5) is 0. The van der Waals surface area contributed by atoms with Crippen molar-refractivity contribution in [2.45, 2.75) is 25.3 Å². The topological polar surface area (TPSA) is 46.2 Å². The Hall–Kier alpha value is 0.260. The van der Waals surface area contributed by atoms with Crippen LogP contribution in [-0.4, -0.2) is 44.0 Å². The molecule has 0 bridgehead atoms. The Morgan fingerprint density at radius 2 is 2.07 bits per heavy atom. The van der Waals surface area contributed by atoms with E-state index in [1.54, 1.807) is 0 Å². The van der Waals surface area contributed by atoms with Crippen molar-refractivity contribution >= 4 is 21.6 Å². The normalized spacial score (nSPS) is 27.1. The minimum atomic E-state index is -2.78. The third-order valence-corrected chi connectivity index (χ3v) is 5.93. The van der Waals surface area contributed by atoms with Crippen LogP contribution in [0.25, 0.3) is 0 Å². The van der Waals surface area contributed by atoms with Gasteiger partial charge < -0.3 is 5.32 Å². The van der Waals surface area contributed by atoms with Crippen molar-refractivity contribution in [3.05, 3.63) is 0 Å². The molecule has 1 unspecified atom stereocenters. The summed E-state index contributed by atoms with van der Waals surface area (Å²) in [7, 11) is -2.78. The van der Waals surface area contributed by atoms with Gasteiger partial charge in [-0.05, 0) is 30.9 Å². The second-order valence-electron chi connectivity index (χ2n) is 4.57. The van der Waals surface area contributed by atoms with Crippen LogP contribution in [0.2, 0.25) is 0 Å². The molecular formula is C10H19NO2S2. The molecule has 1 heterocycles. The molecule has 88 valence electrons. The maximum absolute atomic E-state index is 11.6. The number of hydrogen-bond acceptors (Lipinski definition) is 4. The fraction of sp³-hybridized carbons (Fsp3) is 1.00. The van der Waals surface area contributed by atoms with E-state index in [1.165, 1.54) is 12.2 Å². The summed E-state index contributed by atoms with van der Waals surface area (Å²) in [5.74, 6) is 3.59. The molecule has 1 aliphatic carbocycles. The average Bonchev–Trinajstić information content (AvgIpc) is 2.81. The molecule has 0 aromatic rings. The van der Waals surface area contributed by atoms with Gasteiger partial charge in [-0.1, -0.05) is 0 Å². The standard InChI is InChI=1S/C10H19NO2S2/c12-15(13,8-9-1-2-9)6-4-11-10-3-5-14-7-10/h9-11H,1-8H2. The van der Waals surface area contributed by atoms with Gasteiger partial charge in [0.2, 0.25) is 0 Å². The van der Waals surface area contributed by atoms with Crippen molar-refractivity contribution in [3.8, 4) is 0 Å². The van der Waals surface area contributed by atoms with Gasteiger partial charge in [-0.25, -0.2) is 8.42 Å². The molecule has 0 amide bonds. The Morgan fingerprint density at radius 3 is 2.67 bits per heavy atom. The Labute approximate surface area is 96.3 Å². The van der Waals surface area contributed by atoms with Crippen molar-refractivity contribution in [2.75, 3.05) is 29.6 Å². The van der Waals surface area contributed by atoms with Crippen molar-refractivity contribution < 1.29 is 8.42 Å². The summed E-state index contributed by atoms with van der Waals surface area (Å²) < 4.78 is 23.2. The molecule has 0 aromatic heterocycles. The monoisotopic (exact) mass is 249 g/mol. The molecule has 0 aromatic carbocycles. The lowest BCUT2D eigenvalue weighted by Crippen LogP contribution is -2.33. The molecule has 3 nitrogen and oxygen atoms in total. The average molecular weight is 249 g/mol. The number of thioether (sulfide) groups is 1. The van der Waals surface area contributed by atoms with Crippen molar-refractivity contribution in [3.63, 3.8) is 0 Å². The highest BCUT2D eigenvalue weighted by Gasteiger charge is 2.27. The molecule has 2 aliphatic rings. The molecule has 1 saturated heterocycles. The Balaban J connectivity index is 1.63. The van der Waals surface area contributed by atoms with Gasteiger partial charge in [0.1, 0.15) is 0 Å². The Bertz CT molecular complexity index is 293. The van der Waals surface area contributed by atoms with Gasteiger partial charge in [0.25, 0.3) is 0 Å². The van der Waals surface area contributed by atoms with Gasteiger partial charge in [-0.15, -0.1) is 0 Å². The van der Waals surface area contributed by atoms with Gasteiger partial charge in [-0.2, -0.15) is 11.8 Å². The van der Waals surface area contributed by atoms with E-state index < -0.39 is 9.84 Å². The molecular weight excluding hydrogens is 230 g/mol. The summed E-state index contributed by atoms with van der Waals surface area (Å²) in [5, 5.41) is 3.33. The van der Waals surface area contributed by atoms with E-state index in [0.717, 1.165) is 18.6 Å². The summed E-state index contributed by atoms with van der Waals surface area (Å²) >= 11 is 1.95. The zero-order valence-corrected chi connectivity index (χ0v) is 10.6. The lowest BCUT2D eigenvalue weighted by atomic mass is 10.3. The van der Waals surface area contributed by atoms with E-state index in [0.29, 0.717) is 30.0 Å². The van der Waals surface area contributed by atoms with Crippen LogP contribution in [0.1, 0.15) is 19.3 Å². The highest BCUT2D eigenvalue weighted by atomic mass is 32.2. The van der Waals surface area contributed by atoms with E-state index >= 15 is 0 Å². The molecule has 2 rings (SSSR count). The van der Waals surface area contributed by atoms with E-state index in [1.807, 2.05) is 11.8 Å². The maximum atomic E-state index is 11.6. The second kappa shape index (κ2) is 5.06. The summed E-state index contributed by atoms with van der Waals surface area (Å²) in [6.45, 7) is 0.639. The Kier molecular flexibility index (Phi) is 3.96. The maximum Gasteiger partial charge on any atom is 0.151 e. The van der Waals surface area contributed by atoms with E-state index in [2.05, 4.69) is 5.32 Å². The quantitative estimate of drug-likeness (QED) is 0.760. The third kappa shape index (κ3) is 4.33. The van der Waals surface area contributed by atoms with E-state index in [9.17, 15) is 8.42 Å². The molecule has 15 heavy (non-hydrogen) atoms. The van der Waals surface area contributed by atoms with Gasteiger partial charge in [0.15, 0.2) is 9.84 Å². The molecule has 5 heteroatoms. The highest BCUT2D eigenvalue weighted by molar-refractivity contribution is 7.99. The van der Waals surface area contributed by atoms with Crippen molar-refractivity contribution in [1.82, 2.24) is 5.32 Å². The largest absolute Gasteiger partial charge is 0.312 e. The van der Waals surface area contributed by atoms with Gasteiger partial charge in [0.05, 0.1) is 11.5 Å². The molecule has 1 saturated carbocycles. The third-order valence-electron chi connectivity index (χ3n) is 2.96. The summed E-state index contributed by atoms with van der Waals surface area (Å²) in [6, 6.07) is 0.547. The first kappa shape index (κ1) is 11.7. The first-order chi connectivity index (χ1) is 7.16. The van der Waals surface area contributed by atoms with Crippen LogP contribution in [-0.2, 0) is 9.84 Å². The molecule has 2 fully saturated rings. The number of sulfone groups is 1. The zero-order chi connectivity index (χ0) is 10.7. The van der Waals surface area contributed by atoms with E-state index in [4.69, 9.17) is 0 Å². The van der Waals surface area contributed by atoms with Crippen LogP contribution in [0.5, 0.6) is 0 Å². The summed E-state index contributed by atoms with van der Waals surface area (Å²) in [5.41, 5.74) is 0. The number of nitrogens with one attached hydrogen (secondary N) is 1. The van der Waals surface area contributed by atoms with E-state index in [-0.39, 0.29) is 0 Å². The predicted octanol–water partition coefficient (Wildman–Crippen LogP) is 0.906. The minimum absolute atomic E-state index is 0.324. The summed E-state index contributed by atoms with van der Waals surface area (Å²) in [6.07, 6.45) is 3.42. The fourth-order valence-electron chi connectivity index (χ4n) is 1.84. The van der Waals surface area contributed by atoms with Crippen molar-refractivity contribution in [1.29, 1.82) is 0 Å².